The Bertz CT molecular complexity index is 953. The molecule has 0 bridgehead atoms. The molecule has 116 valence electrons. The van der Waals surface area contributed by atoms with Crippen LogP contribution in [0.1, 0.15) is 0 Å². The first-order valence-electron chi connectivity index (χ1n) is 7.05. The standard InChI is InChI=1S/C17H13ClFN3O/c1-21-9-10-8-12(19)4-7-14(10)15-16(21)17(23)22(20-15)13-5-2-11(18)3-6-13/h2-9,20,23H,1H3. The van der Waals surface area contributed by atoms with Crippen molar-refractivity contribution in [2.75, 3.05) is 12.1 Å². The summed E-state index contributed by atoms with van der Waals surface area (Å²) in [5.74, 6) is -0.214. The summed E-state index contributed by atoms with van der Waals surface area (Å²) in [7, 11) is 1.81. The predicted molar refractivity (Wildman–Crippen MR) is 88.0 cm³/mol. The largest absolute Gasteiger partial charge is 0.492 e. The van der Waals surface area contributed by atoms with Gasteiger partial charge in [0, 0.05) is 28.7 Å². The molecule has 0 fully saturated rings. The summed E-state index contributed by atoms with van der Waals surface area (Å²) in [6.45, 7) is 0. The Morgan fingerprint density at radius 1 is 1.13 bits per heavy atom. The quantitative estimate of drug-likeness (QED) is 0.839. The zero-order valence-electron chi connectivity index (χ0n) is 12.2. The fourth-order valence-electron chi connectivity index (χ4n) is 2.88. The molecular formula is C17H13ClFN3O. The molecule has 4 rings (SSSR count). The lowest BCUT2D eigenvalue weighted by Crippen LogP contribution is -2.40. The van der Waals surface area contributed by atoms with Gasteiger partial charge in [-0.2, -0.15) is 0 Å². The number of likely N-dealkylation sites (N-methyl/N-ethyl adjacent to an activating group) is 1. The number of hydrogen-bond acceptors (Lipinski definition) is 4. The lowest BCUT2D eigenvalue weighted by Gasteiger charge is -2.20. The molecule has 0 aromatic heterocycles. The van der Waals surface area contributed by atoms with Gasteiger partial charge in [0.15, 0.2) is 0 Å². The third-order valence-electron chi connectivity index (χ3n) is 3.94. The second-order valence-electron chi connectivity index (χ2n) is 5.44. The van der Waals surface area contributed by atoms with Gasteiger partial charge in [0.1, 0.15) is 11.5 Å². The van der Waals surface area contributed by atoms with Gasteiger partial charge in [0.05, 0.1) is 11.4 Å². The summed E-state index contributed by atoms with van der Waals surface area (Å²) in [5.41, 5.74) is 5.30. The zero-order chi connectivity index (χ0) is 16.1. The lowest BCUT2D eigenvalue weighted by atomic mass is 10.1. The lowest BCUT2D eigenvalue weighted by molar-refractivity contribution is 0.376. The van der Waals surface area contributed by atoms with Crippen molar-refractivity contribution in [3.05, 3.63) is 75.3 Å². The molecule has 0 amide bonds. The first kappa shape index (κ1) is 14.0. The molecule has 2 aromatic carbocycles. The summed E-state index contributed by atoms with van der Waals surface area (Å²) in [6.07, 6.45) is 1.79. The maximum absolute atomic E-state index is 13.5. The molecule has 0 aliphatic carbocycles. The number of hydrazine groups is 1. The van der Waals surface area contributed by atoms with Crippen LogP contribution in [0.25, 0.3) is 11.9 Å². The maximum Gasteiger partial charge on any atom is 0.237 e. The van der Waals surface area contributed by atoms with Gasteiger partial charge in [-0.3, -0.25) is 5.43 Å². The van der Waals surface area contributed by atoms with Gasteiger partial charge < -0.3 is 10.0 Å². The average molecular weight is 330 g/mol. The van der Waals surface area contributed by atoms with Crippen molar-refractivity contribution in [1.29, 1.82) is 0 Å². The van der Waals surface area contributed by atoms with E-state index in [-0.39, 0.29) is 11.7 Å². The van der Waals surface area contributed by atoms with Crippen LogP contribution in [0, 0.1) is 5.82 Å². The number of benzene rings is 2. The summed E-state index contributed by atoms with van der Waals surface area (Å²) >= 11 is 5.91. The molecule has 4 nitrogen and oxygen atoms in total. The molecular weight excluding hydrogens is 317 g/mol. The molecule has 2 aliphatic rings. The Labute approximate surface area is 137 Å². The second-order valence-corrected chi connectivity index (χ2v) is 5.88. The van der Waals surface area contributed by atoms with E-state index in [1.165, 1.54) is 12.1 Å². The van der Waals surface area contributed by atoms with Crippen LogP contribution in [0.4, 0.5) is 10.1 Å². The van der Waals surface area contributed by atoms with Gasteiger partial charge in [0.2, 0.25) is 5.88 Å². The van der Waals surface area contributed by atoms with E-state index in [1.54, 1.807) is 46.4 Å². The molecule has 0 unspecified atom stereocenters. The predicted octanol–water partition coefficient (Wildman–Crippen LogP) is 2.02. The second kappa shape index (κ2) is 4.93. The summed E-state index contributed by atoms with van der Waals surface area (Å²) in [4.78, 5) is 1.77. The van der Waals surface area contributed by atoms with E-state index >= 15 is 0 Å². The van der Waals surface area contributed by atoms with E-state index in [0.29, 0.717) is 10.7 Å². The van der Waals surface area contributed by atoms with Gasteiger partial charge in [0.25, 0.3) is 0 Å². The Kier molecular flexibility index (Phi) is 2.99. The van der Waals surface area contributed by atoms with E-state index < -0.39 is 0 Å². The third-order valence-corrected chi connectivity index (χ3v) is 4.19. The minimum absolute atomic E-state index is 0.0797. The number of nitrogens with one attached hydrogen (secondary N) is 1. The molecule has 2 N–H and O–H groups in total. The molecule has 23 heavy (non-hydrogen) atoms. The van der Waals surface area contributed by atoms with Gasteiger partial charge in [-0.05, 0) is 42.5 Å². The summed E-state index contributed by atoms with van der Waals surface area (Å²) in [6, 6.07) is 11.7. The monoisotopic (exact) mass is 329 g/mol. The van der Waals surface area contributed by atoms with Crippen molar-refractivity contribution in [2.24, 2.45) is 0 Å². The minimum Gasteiger partial charge on any atom is -0.492 e. The number of anilines is 1. The Hall–Kier alpha value is -2.66. The molecule has 2 heterocycles. The van der Waals surface area contributed by atoms with Crippen molar-refractivity contribution in [3.63, 3.8) is 0 Å². The number of aliphatic hydroxyl groups excluding tert-OH is 1. The van der Waals surface area contributed by atoms with Crippen LogP contribution in [-0.4, -0.2) is 17.1 Å². The van der Waals surface area contributed by atoms with Gasteiger partial charge >= 0.3 is 0 Å². The van der Waals surface area contributed by atoms with Gasteiger partial charge in [-0.25, -0.2) is 9.40 Å². The molecule has 0 saturated heterocycles. The van der Waals surface area contributed by atoms with Crippen LogP contribution in [-0.2, 0) is 0 Å². The van der Waals surface area contributed by atoms with Crippen LogP contribution in [0.2, 0.25) is 5.02 Å². The maximum atomic E-state index is 13.5. The highest BCUT2D eigenvalue weighted by atomic mass is 35.5. The smallest absolute Gasteiger partial charge is 0.237 e. The number of halogens is 2. The number of nitrogens with zero attached hydrogens (tertiary/aromatic N) is 2. The van der Waals surface area contributed by atoms with E-state index in [0.717, 1.165) is 21.8 Å². The first-order valence-corrected chi connectivity index (χ1v) is 7.43. The summed E-state index contributed by atoms with van der Waals surface area (Å²) in [5, 5.41) is 14.4. The van der Waals surface area contributed by atoms with Crippen molar-refractivity contribution < 1.29 is 9.50 Å². The SMILES string of the molecule is CN1C=c2cc(F)ccc2=C2NN(c3ccc(Cl)cc3)C(O)=C21. The fraction of sp³-hybridized carbons (Fsp3) is 0.0588. The van der Waals surface area contributed by atoms with Crippen LogP contribution in [0.5, 0.6) is 0 Å². The average Bonchev–Trinajstić information content (AvgIpc) is 2.86. The van der Waals surface area contributed by atoms with E-state index in [1.807, 2.05) is 7.05 Å². The van der Waals surface area contributed by atoms with Crippen LogP contribution >= 0.6 is 11.6 Å². The summed E-state index contributed by atoms with van der Waals surface area (Å²) < 4.78 is 13.5. The zero-order valence-corrected chi connectivity index (χ0v) is 13.0. The third kappa shape index (κ3) is 2.12. The van der Waals surface area contributed by atoms with Crippen molar-refractivity contribution in [2.45, 2.75) is 0 Å². The van der Waals surface area contributed by atoms with Crippen LogP contribution in [0.15, 0.2) is 54.0 Å². The molecule has 0 radical (unpaired) electrons. The van der Waals surface area contributed by atoms with Gasteiger partial charge in [-0.1, -0.05) is 11.6 Å². The highest BCUT2D eigenvalue weighted by Crippen LogP contribution is 2.30. The normalized spacial score (nSPS) is 16.0. The molecule has 0 saturated carbocycles. The van der Waals surface area contributed by atoms with Crippen molar-refractivity contribution >= 4 is 29.2 Å². The Morgan fingerprint density at radius 3 is 2.61 bits per heavy atom. The number of rotatable bonds is 1. The Balaban J connectivity index is 1.91. The Morgan fingerprint density at radius 2 is 1.87 bits per heavy atom. The van der Waals surface area contributed by atoms with Crippen molar-refractivity contribution in [1.82, 2.24) is 10.3 Å². The number of fused-ring (bicyclic) bond motifs is 2. The van der Waals surface area contributed by atoms with E-state index in [2.05, 4.69) is 5.43 Å². The highest BCUT2D eigenvalue weighted by molar-refractivity contribution is 6.30. The fourth-order valence-corrected chi connectivity index (χ4v) is 3.00. The number of aliphatic hydroxyl groups is 1. The van der Waals surface area contributed by atoms with E-state index in [4.69, 9.17) is 11.6 Å². The topological polar surface area (TPSA) is 38.7 Å². The first-order chi connectivity index (χ1) is 11.0. The minimum atomic E-state index is -0.293. The van der Waals surface area contributed by atoms with Crippen LogP contribution in [0.3, 0.4) is 0 Å². The molecule has 2 aromatic rings. The number of hydrogen-bond donors (Lipinski definition) is 2. The highest BCUT2D eigenvalue weighted by Gasteiger charge is 2.31. The molecule has 0 atom stereocenters. The van der Waals surface area contributed by atoms with Crippen molar-refractivity contribution in [3.8, 4) is 0 Å². The molecule has 2 aliphatic heterocycles. The van der Waals surface area contributed by atoms with Gasteiger partial charge in [-0.15, -0.1) is 0 Å². The van der Waals surface area contributed by atoms with E-state index in [9.17, 15) is 9.50 Å². The molecule has 0 spiro atoms. The molecule has 6 heteroatoms. The van der Waals surface area contributed by atoms with Crippen LogP contribution < -0.4 is 20.9 Å².